The van der Waals surface area contributed by atoms with E-state index in [2.05, 4.69) is 44.8 Å². The van der Waals surface area contributed by atoms with Gasteiger partial charge in [0, 0.05) is 48.3 Å². The molecule has 4 heterocycles. The van der Waals surface area contributed by atoms with Crippen LogP contribution in [0.1, 0.15) is 35.2 Å². The molecule has 1 amide bonds. The summed E-state index contributed by atoms with van der Waals surface area (Å²) in [7, 11) is 0. The molecule has 3 aliphatic heterocycles. The molecule has 0 saturated carbocycles. The van der Waals surface area contributed by atoms with E-state index in [0.717, 1.165) is 50.1 Å². The minimum atomic E-state index is -0.550. The quantitative estimate of drug-likeness (QED) is 0.615. The van der Waals surface area contributed by atoms with Crippen LogP contribution in [0.2, 0.25) is 5.02 Å². The SMILES string of the molecule is O=C1NC2(COC3(CCN(Cc4ccc5ncccc5c4)CC3)C2)Nc2ccc(Cl)cc21. The number of pyridine rings is 1. The van der Waals surface area contributed by atoms with E-state index in [1.807, 2.05) is 24.4 Å². The Balaban J connectivity index is 1.12. The van der Waals surface area contributed by atoms with Gasteiger partial charge in [-0.25, -0.2) is 0 Å². The number of nitrogens with zero attached hydrogens (tertiary/aromatic N) is 2. The van der Waals surface area contributed by atoms with Crippen molar-refractivity contribution in [1.82, 2.24) is 15.2 Å². The van der Waals surface area contributed by atoms with Gasteiger partial charge in [-0.1, -0.05) is 23.7 Å². The number of rotatable bonds is 2. The maximum Gasteiger partial charge on any atom is 0.255 e. The summed E-state index contributed by atoms with van der Waals surface area (Å²) in [4.78, 5) is 19.6. The third-order valence-corrected chi connectivity index (χ3v) is 7.28. The molecule has 1 unspecified atom stereocenters. The average Bonchev–Trinajstić information content (AvgIpc) is 3.13. The lowest BCUT2D eigenvalue weighted by Crippen LogP contribution is -2.59. The predicted octanol–water partition coefficient (Wildman–Crippen LogP) is 4.19. The standard InChI is InChI=1S/C25H25ClN4O2/c26-19-4-6-22-20(13-19)23(31)29-25(28-22)15-24(32-16-25)7-10-30(11-8-24)14-17-3-5-21-18(12-17)2-1-9-27-21/h1-6,9,12-13,28H,7-8,10-11,14-16H2,(H,29,31). The van der Waals surface area contributed by atoms with Gasteiger partial charge in [-0.2, -0.15) is 0 Å². The number of carbonyl (C=O) groups is 1. The molecule has 164 valence electrons. The monoisotopic (exact) mass is 448 g/mol. The second kappa shape index (κ2) is 7.44. The summed E-state index contributed by atoms with van der Waals surface area (Å²) in [5.74, 6) is -0.0925. The first kappa shape index (κ1) is 20.0. The number of hydrogen-bond donors (Lipinski definition) is 2. The zero-order valence-corrected chi connectivity index (χ0v) is 18.5. The molecule has 2 saturated heterocycles. The van der Waals surface area contributed by atoms with Gasteiger partial charge in [0.25, 0.3) is 5.91 Å². The highest BCUT2D eigenvalue weighted by atomic mass is 35.5. The van der Waals surface area contributed by atoms with E-state index in [1.54, 1.807) is 6.07 Å². The van der Waals surface area contributed by atoms with Crippen LogP contribution in [-0.4, -0.2) is 46.8 Å². The van der Waals surface area contributed by atoms with Crippen LogP contribution in [0.15, 0.2) is 54.7 Å². The highest BCUT2D eigenvalue weighted by Crippen LogP contribution is 2.43. The van der Waals surface area contributed by atoms with Crippen molar-refractivity contribution in [3.8, 4) is 0 Å². The van der Waals surface area contributed by atoms with Gasteiger partial charge in [0.05, 0.1) is 23.3 Å². The van der Waals surface area contributed by atoms with Crippen LogP contribution < -0.4 is 10.6 Å². The number of hydrogen-bond acceptors (Lipinski definition) is 5. The third-order valence-electron chi connectivity index (χ3n) is 7.04. The predicted molar refractivity (Wildman–Crippen MR) is 125 cm³/mol. The Hall–Kier alpha value is -2.67. The van der Waals surface area contributed by atoms with Crippen LogP contribution in [0, 0.1) is 0 Å². The van der Waals surface area contributed by atoms with Crippen molar-refractivity contribution in [2.45, 2.75) is 37.1 Å². The van der Waals surface area contributed by atoms with E-state index in [4.69, 9.17) is 16.3 Å². The summed E-state index contributed by atoms with van der Waals surface area (Å²) >= 11 is 6.07. The van der Waals surface area contributed by atoms with Crippen LogP contribution in [0.5, 0.6) is 0 Å². The molecule has 6 nitrogen and oxygen atoms in total. The molecule has 0 radical (unpaired) electrons. The second-order valence-electron chi connectivity index (χ2n) is 9.31. The van der Waals surface area contributed by atoms with Crippen molar-refractivity contribution in [3.63, 3.8) is 0 Å². The molecule has 0 bridgehead atoms. The fraction of sp³-hybridized carbons (Fsp3) is 0.360. The number of benzene rings is 2. The summed E-state index contributed by atoms with van der Waals surface area (Å²) in [6.45, 7) is 3.34. The minimum Gasteiger partial charge on any atom is -0.370 e. The van der Waals surface area contributed by atoms with E-state index in [1.165, 1.54) is 10.9 Å². The largest absolute Gasteiger partial charge is 0.370 e. The molecule has 7 heteroatoms. The van der Waals surface area contributed by atoms with Crippen molar-refractivity contribution in [1.29, 1.82) is 0 Å². The average molecular weight is 449 g/mol. The number of piperidine rings is 1. The molecule has 3 aliphatic rings. The zero-order valence-electron chi connectivity index (χ0n) is 17.7. The Bertz CT molecular complexity index is 1210. The van der Waals surface area contributed by atoms with Crippen molar-refractivity contribution in [2.24, 2.45) is 0 Å². The number of carbonyl (C=O) groups excluding carboxylic acids is 1. The molecule has 1 aromatic heterocycles. The Morgan fingerprint density at radius 2 is 1.97 bits per heavy atom. The first-order valence-corrected chi connectivity index (χ1v) is 11.5. The second-order valence-corrected chi connectivity index (χ2v) is 9.74. The highest BCUT2D eigenvalue weighted by Gasteiger charge is 2.53. The molecule has 1 atom stereocenters. The fourth-order valence-electron chi connectivity index (χ4n) is 5.40. The highest BCUT2D eigenvalue weighted by molar-refractivity contribution is 6.31. The number of amides is 1. The van der Waals surface area contributed by atoms with Gasteiger partial charge in [0.2, 0.25) is 0 Å². The van der Waals surface area contributed by atoms with Gasteiger partial charge in [-0.3, -0.25) is 14.7 Å². The number of fused-ring (bicyclic) bond motifs is 2. The van der Waals surface area contributed by atoms with Gasteiger partial charge >= 0.3 is 0 Å². The molecule has 2 fully saturated rings. The van der Waals surface area contributed by atoms with E-state index in [9.17, 15) is 4.79 Å². The Morgan fingerprint density at radius 3 is 2.84 bits per heavy atom. The molecular formula is C25H25ClN4O2. The maximum atomic E-state index is 12.7. The first-order valence-electron chi connectivity index (χ1n) is 11.1. The number of aromatic nitrogens is 1. The van der Waals surface area contributed by atoms with Gasteiger partial charge in [0.1, 0.15) is 5.66 Å². The third kappa shape index (κ3) is 3.52. The fourth-order valence-corrected chi connectivity index (χ4v) is 5.57. The van der Waals surface area contributed by atoms with Crippen molar-refractivity contribution < 1.29 is 9.53 Å². The molecule has 2 aromatic carbocycles. The molecule has 3 aromatic rings. The first-order chi connectivity index (χ1) is 15.5. The number of anilines is 1. The molecule has 2 N–H and O–H groups in total. The van der Waals surface area contributed by atoms with E-state index in [-0.39, 0.29) is 11.5 Å². The lowest BCUT2D eigenvalue weighted by atomic mass is 9.84. The Kier molecular flexibility index (Phi) is 4.64. The minimum absolute atomic E-state index is 0.0925. The lowest BCUT2D eigenvalue weighted by Gasteiger charge is -2.41. The smallest absolute Gasteiger partial charge is 0.255 e. The normalized spacial score (nSPS) is 24.5. The summed E-state index contributed by atoms with van der Waals surface area (Å²) < 4.78 is 6.38. The number of likely N-dealkylation sites (tertiary alicyclic amines) is 1. The molecule has 0 aliphatic carbocycles. The summed E-state index contributed by atoms with van der Waals surface area (Å²) in [5.41, 5.74) is 3.00. The van der Waals surface area contributed by atoms with Crippen LogP contribution in [-0.2, 0) is 11.3 Å². The number of nitrogens with one attached hydrogen (secondary N) is 2. The van der Waals surface area contributed by atoms with Crippen LogP contribution in [0.25, 0.3) is 10.9 Å². The van der Waals surface area contributed by atoms with Crippen molar-refractivity contribution in [3.05, 3.63) is 70.9 Å². The Morgan fingerprint density at radius 1 is 1.09 bits per heavy atom. The van der Waals surface area contributed by atoms with E-state index < -0.39 is 5.66 Å². The summed E-state index contributed by atoms with van der Waals surface area (Å²) in [6, 6.07) is 16.0. The lowest BCUT2D eigenvalue weighted by molar-refractivity contribution is -0.0452. The number of ether oxygens (including phenoxy) is 1. The number of halogens is 1. The molecular weight excluding hydrogens is 424 g/mol. The maximum absolute atomic E-state index is 12.7. The topological polar surface area (TPSA) is 66.5 Å². The van der Waals surface area contributed by atoms with Crippen molar-refractivity contribution >= 4 is 34.1 Å². The summed E-state index contributed by atoms with van der Waals surface area (Å²) in [6.07, 6.45) is 4.50. The van der Waals surface area contributed by atoms with Crippen LogP contribution in [0.4, 0.5) is 5.69 Å². The molecule has 2 spiro atoms. The van der Waals surface area contributed by atoms with Crippen molar-refractivity contribution in [2.75, 3.05) is 25.0 Å². The van der Waals surface area contributed by atoms with Gasteiger partial charge in [-0.15, -0.1) is 0 Å². The molecule has 6 rings (SSSR count). The van der Waals surface area contributed by atoms with Crippen LogP contribution >= 0.6 is 11.6 Å². The van der Waals surface area contributed by atoms with Crippen LogP contribution in [0.3, 0.4) is 0 Å². The van der Waals surface area contributed by atoms with Gasteiger partial charge < -0.3 is 15.4 Å². The Labute approximate surface area is 191 Å². The zero-order chi connectivity index (χ0) is 21.8. The van der Waals surface area contributed by atoms with E-state index >= 15 is 0 Å². The van der Waals surface area contributed by atoms with Gasteiger partial charge in [0.15, 0.2) is 0 Å². The van der Waals surface area contributed by atoms with Gasteiger partial charge in [-0.05, 0) is 54.8 Å². The van der Waals surface area contributed by atoms with E-state index in [0.29, 0.717) is 17.2 Å². The summed E-state index contributed by atoms with van der Waals surface area (Å²) in [5, 5.41) is 8.44. The molecule has 32 heavy (non-hydrogen) atoms.